The van der Waals surface area contributed by atoms with Gasteiger partial charge in [0.1, 0.15) is 11.5 Å². The molecule has 1 aromatic heterocycles. The molecule has 0 bridgehead atoms. The van der Waals surface area contributed by atoms with E-state index in [2.05, 4.69) is 15.3 Å². The van der Waals surface area contributed by atoms with E-state index in [-0.39, 0.29) is 17.5 Å². The number of hydrogen-bond donors (Lipinski definition) is 1. The Morgan fingerprint density at radius 3 is 2.38 bits per heavy atom. The lowest BCUT2D eigenvalue weighted by Crippen LogP contribution is -2.19. The quantitative estimate of drug-likeness (QED) is 0.567. The maximum absolute atomic E-state index is 12.1. The molecular weight excluding hydrogens is 406 g/mol. The number of nitrogens with one attached hydrogen (secondary N) is 1. The molecule has 2 aromatic carbocycles. The van der Waals surface area contributed by atoms with Crippen molar-refractivity contribution in [3.05, 3.63) is 71.5 Å². The second kappa shape index (κ2) is 9.60. The number of ether oxygens (including phenoxy) is 2. The molecule has 3 aromatic rings. The van der Waals surface area contributed by atoms with E-state index in [0.717, 1.165) is 17.7 Å². The van der Waals surface area contributed by atoms with Crippen LogP contribution in [0.2, 0.25) is 0 Å². The van der Waals surface area contributed by atoms with Crippen molar-refractivity contribution in [1.82, 2.24) is 15.3 Å². The first kappa shape index (κ1) is 21.5. The normalized spacial score (nSPS) is 15.3. The Morgan fingerprint density at radius 1 is 1.06 bits per heavy atom. The molecule has 1 aliphatic heterocycles. The predicted octanol–water partition coefficient (Wildman–Crippen LogP) is 4.10. The third kappa shape index (κ3) is 5.11. The van der Waals surface area contributed by atoms with Gasteiger partial charge in [-0.3, -0.25) is 4.79 Å². The summed E-state index contributed by atoms with van der Waals surface area (Å²) < 4.78 is 10.7. The SMILES string of the molecule is COC(=O)c1cc(CCC2CCNC2=O)nc(-c2ccc(Oc3ccc(C)cc3)cc2)n1. The van der Waals surface area contributed by atoms with Crippen LogP contribution in [0.3, 0.4) is 0 Å². The fourth-order valence-corrected chi connectivity index (χ4v) is 3.62. The Balaban J connectivity index is 1.54. The van der Waals surface area contributed by atoms with E-state index in [1.807, 2.05) is 55.5 Å². The number of benzene rings is 2. The first-order valence-corrected chi connectivity index (χ1v) is 10.6. The molecule has 1 N–H and O–H groups in total. The molecule has 164 valence electrons. The van der Waals surface area contributed by atoms with Gasteiger partial charge in [-0.05, 0) is 68.7 Å². The standard InChI is InChI=1S/C25H25N3O4/c1-16-3-9-20(10-4-16)32-21-11-6-17(7-12-21)23-27-19(15-22(28-23)25(30)31-2)8-5-18-13-14-26-24(18)29/h3-4,6-7,9-12,15,18H,5,8,13-14H2,1-2H3,(H,26,29). The number of nitrogens with zero attached hydrogens (tertiary/aromatic N) is 2. The molecule has 1 saturated heterocycles. The molecule has 0 spiro atoms. The zero-order valence-corrected chi connectivity index (χ0v) is 18.1. The number of carbonyl (C=O) groups excluding carboxylic acids is 2. The van der Waals surface area contributed by atoms with Gasteiger partial charge >= 0.3 is 5.97 Å². The molecule has 0 saturated carbocycles. The Kier molecular flexibility index (Phi) is 6.44. The Bertz CT molecular complexity index is 1110. The van der Waals surface area contributed by atoms with Crippen molar-refractivity contribution in [2.45, 2.75) is 26.2 Å². The summed E-state index contributed by atoms with van der Waals surface area (Å²) in [6.07, 6.45) is 2.07. The first-order chi connectivity index (χ1) is 15.5. The van der Waals surface area contributed by atoms with Crippen LogP contribution in [-0.4, -0.2) is 35.5 Å². The zero-order chi connectivity index (χ0) is 22.5. The van der Waals surface area contributed by atoms with E-state index < -0.39 is 5.97 Å². The number of aromatic nitrogens is 2. The number of esters is 1. The highest BCUT2D eigenvalue weighted by atomic mass is 16.5. The predicted molar refractivity (Wildman–Crippen MR) is 119 cm³/mol. The lowest BCUT2D eigenvalue weighted by Gasteiger charge is -2.10. The molecule has 1 fully saturated rings. The third-order valence-electron chi connectivity index (χ3n) is 5.45. The number of carbonyl (C=O) groups is 2. The van der Waals surface area contributed by atoms with Gasteiger partial charge in [-0.1, -0.05) is 17.7 Å². The molecule has 4 rings (SSSR count). The molecule has 1 unspecified atom stereocenters. The van der Waals surface area contributed by atoms with Crippen LogP contribution in [-0.2, 0) is 16.0 Å². The van der Waals surface area contributed by atoms with E-state index >= 15 is 0 Å². The van der Waals surface area contributed by atoms with Crippen LogP contribution in [0, 0.1) is 12.8 Å². The van der Waals surface area contributed by atoms with E-state index in [4.69, 9.17) is 9.47 Å². The van der Waals surface area contributed by atoms with E-state index in [9.17, 15) is 9.59 Å². The number of hydrogen-bond acceptors (Lipinski definition) is 6. The van der Waals surface area contributed by atoms with Crippen LogP contribution in [0.4, 0.5) is 0 Å². The number of amides is 1. The van der Waals surface area contributed by atoms with Gasteiger partial charge in [0.05, 0.1) is 7.11 Å². The van der Waals surface area contributed by atoms with Gasteiger partial charge in [-0.2, -0.15) is 0 Å². The number of aryl methyl sites for hydroxylation is 2. The third-order valence-corrected chi connectivity index (χ3v) is 5.45. The van der Waals surface area contributed by atoms with Crippen LogP contribution in [0.25, 0.3) is 11.4 Å². The average molecular weight is 431 g/mol. The zero-order valence-electron chi connectivity index (χ0n) is 18.1. The summed E-state index contributed by atoms with van der Waals surface area (Å²) in [5.41, 5.74) is 2.82. The van der Waals surface area contributed by atoms with Crippen molar-refractivity contribution in [1.29, 1.82) is 0 Å². The minimum Gasteiger partial charge on any atom is -0.464 e. The topological polar surface area (TPSA) is 90.4 Å². The van der Waals surface area contributed by atoms with Crippen LogP contribution >= 0.6 is 0 Å². The molecule has 0 aliphatic carbocycles. The smallest absolute Gasteiger partial charge is 0.356 e. The Labute approximate surface area is 186 Å². The van der Waals surface area contributed by atoms with Gasteiger partial charge in [0.25, 0.3) is 0 Å². The second-order valence-electron chi connectivity index (χ2n) is 7.81. The van der Waals surface area contributed by atoms with Gasteiger partial charge in [0.15, 0.2) is 11.5 Å². The van der Waals surface area contributed by atoms with E-state index in [1.165, 1.54) is 12.7 Å². The van der Waals surface area contributed by atoms with Crippen molar-refractivity contribution in [2.24, 2.45) is 5.92 Å². The van der Waals surface area contributed by atoms with Crippen molar-refractivity contribution in [2.75, 3.05) is 13.7 Å². The summed E-state index contributed by atoms with van der Waals surface area (Å²) >= 11 is 0. The molecule has 1 aliphatic rings. The average Bonchev–Trinajstić information content (AvgIpc) is 3.23. The molecule has 7 heteroatoms. The van der Waals surface area contributed by atoms with Crippen molar-refractivity contribution in [3.8, 4) is 22.9 Å². The summed E-state index contributed by atoms with van der Waals surface area (Å²) in [6.45, 7) is 2.74. The van der Waals surface area contributed by atoms with Crippen LogP contribution in [0.1, 0.15) is 34.6 Å². The van der Waals surface area contributed by atoms with Gasteiger partial charge in [-0.25, -0.2) is 14.8 Å². The van der Waals surface area contributed by atoms with Crippen molar-refractivity contribution < 1.29 is 19.1 Å². The fourth-order valence-electron chi connectivity index (χ4n) is 3.62. The first-order valence-electron chi connectivity index (χ1n) is 10.6. The van der Waals surface area contributed by atoms with Gasteiger partial charge in [0, 0.05) is 23.7 Å². The highest BCUT2D eigenvalue weighted by molar-refractivity contribution is 5.87. The minimum atomic E-state index is -0.521. The van der Waals surface area contributed by atoms with Crippen molar-refractivity contribution >= 4 is 11.9 Å². The van der Waals surface area contributed by atoms with Gasteiger partial charge in [0.2, 0.25) is 5.91 Å². The molecular formula is C25H25N3O4. The minimum absolute atomic E-state index is 0.0202. The largest absolute Gasteiger partial charge is 0.464 e. The van der Waals surface area contributed by atoms with Gasteiger partial charge < -0.3 is 14.8 Å². The van der Waals surface area contributed by atoms with Crippen LogP contribution in [0.15, 0.2) is 54.6 Å². The summed E-state index contributed by atoms with van der Waals surface area (Å²) in [6, 6.07) is 16.8. The van der Waals surface area contributed by atoms with Crippen LogP contribution < -0.4 is 10.1 Å². The number of methoxy groups -OCH3 is 1. The molecule has 32 heavy (non-hydrogen) atoms. The molecule has 0 radical (unpaired) electrons. The van der Waals surface area contributed by atoms with Crippen molar-refractivity contribution in [3.63, 3.8) is 0 Å². The summed E-state index contributed by atoms with van der Waals surface area (Å²) in [7, 11) is 1.32. The second-order valence-corrected chi connectivity index (χ2v) is 7.81. The summed E-state index contributed by atoms with van der Waals surface area (Å²) in [5.74, 6) is 1.41. The number of rotatable bonds is 7. The lowest BCUT2D eigenvalue weighted by atomic mass is 10.0. The van der Waals surface area contributed by atoms with Crippen LogP contribution in [0.5, 0.6) is 11.5 Å². The Hall–Kier alpha value is -3.74. The van der Waals surface area contributed by atoms with E-state index in [0.29, 0.717) is 36.7 Å². The fraction of sp³-hybridized carbons (Fsp3) is 0.280. The molecule has 1 amide bonds. The maximum atomic E-state index is 12.1. The summed E-state index contributed by atoms with van der Waals surface area (Å²) in [5, 5.41) is 2.85. The molecule has 1 atom stereocenters. The maximum Gasteiger partial charge on any atom is 0.356 e. The van der Waals surface area contributed by atoms with E-state index in [1.54, 1.807) is 6.07 Å². The van der Waals surface area contributed by atoms with Gasteiger partial charge in [-0.15, -0.1) is 0 Å². The molecule has 7 nitrogen and oxygen atoms in total. The molecule has 2 heterocycles. The lowest BCUT2D eigenvalue weighted by molar-refractivity contribution is -0.122. The summed E-state index contributed by atoms with van der Waals surface area (Å²) in [4.78, 5) is 33.0. The Morgan fingerprint density at radius 2 is 1.75 bits per heavy atom. The highest BCUT2D eigenvalue weighted by Gasteiger charge is 2.24. The highest BCUT2D eigenvalue weighted by Crippen LogP contribution is 2.25. The monoisotopic (exact) mass is 431 g/mol.